The van der Waals surface area contributed by atoms with Crippen molar-refractivity contribution in [2.45, 2.75) is 134 Å². The highest BCUT2D eigenvalue weighted by molar-refractivity contribution is 6.08. The van der Waals surface area contributed by atoms with Gasteiger partial charge in [0.25, 0.3) is 11.8 Å². The van der Waals surface area contributed by atoms with E-state index in [2.05, 4.69) is 20.4 Å². The zero-order valence-corrected chi connectivity index (χ0v) is 29.0. The van der Waals surface area contributed by atoms with E-state index >= 15 is 0 Å². The number of likely N-dealkylation sites (tertiary alicyclic amines) is 2. The third kappa shape index (κ3) is 5.75. The first kappa shape index (κ1) is 35.6. The summed E-state index contributed by atoms with van der Waals surface area (Å²) < 4.78 is 0. The molecular formula is C32H52N6O8. The second-order valence-electron chi connectivity index (χ2n) is 16.7. The van der Waals surface area contributed by atoms with Gasteiger partial charge in [0.2, 0.25) is 0 Å². The average molecular weight is 649 g/mol. The van der Waals surface area contributed by atoms with Gasteiger partial charge in [0.05, 0.1) is 11.8 Å². The Hall–Kier alpha value is -3.26. The summed E-state index contributed by atoms with van der Waals surface area (Å²) in [6.45, 7) is 15.3. The van der Waals surface area contributed by atoms with E-state index < -0.39 is 80.9 Å². The summed E-state index contributed by atoms with van der Waals surface area (Å²) in [6, 6.07) is -1.31. The quantitative estimate of drug-likeness (QED) is 0.271. The monoisotopic (exact) mass is 648 g/mol. The van der Waals surface area contributed by atoms with Gasteiger partial charge in [0.15, 0.2) is 0 Å². The van der Waals surface area contributed by atoms with Gasteiger partial charge >= 0.3 is 24.0 Å². The van der Waals surface area contributed by atoms with Crippen LogP contribution < -0.4 is 10.6 Å². The van der Waals surface area contributed by atoms with Gasteiger partial charge in [-0.25, -0.2) is 9.59 Å². The number of nitrogens with one attached hydrogen (secondary N) is 2. The number of imide groups is 2. The number of urea groups is 2. The van der Waals surface area contributed by atoms with Crippen molar-refractivity contribution in [3.8, 4) is 0 Å². The summed E-state index contributed by atoms with van der Waals surface area (Å²) in [4.78, 5) is 85.4. The molecule has 2 spiro atoms. The molecule has 0 aromatic carbocycles. The summed E-state index contributed by atoms with van der Waals surface area (Å²) in [6.07, 6.45) is -0.168. The lowest BCUT2D eigenvalue weighted by Gasteiger charge is -2.56. The van der Waals surface area contributed by atoms with Gasteiger partial charge in [-0.3, -0.25) is 38.8 Å². The Morgan fingerprint density at radius 3 is 1.22 bits per heavy atom. The average Bonchev–Trinajstić information content (AvgIpc) is 3.23. The summed E-state index contributed by atoms with van der Waals surface area (Å²) in [5, 5.41) is 26.0. The van der Waals surface area contributed by atoms with Crippen molar-refractivity contribution in [1.29, 1.82) is 0 Å². The van der Waals surface area contributed by atoms with Gasteiger partial charge < -0.3 is 20.8 Å². The predicted octanol–water partition coefficient (Wildman–Crippen LogP) is 2.46. The number of amides is 6. The third-order valence-corrected chi connectivity index (χ3v) is 11.6. The van der Waals surface area contributed by atoms with E-state index in [1.54, 1.807) is 0 Å². The van der Waals surface area contributed by atoms with Crippen molar-refractivity contribution >= 4 is 35.8 Å². The zero-order valence-electron chi connectivity index (χ0n) is 29.0. The SMILES string of the molecule is CN1C(C)(C)CC2(CC1(C)C)NC(=O)N(CCC(CCN1C(=O)NC3(CC(C)(C)N(C)C(C)(C)C3)C1=O)(CC(=O)O)C(=O)O)C2=O. The fourth-order valence-electron chi connectivity index (χ4n) is 8.96. The van der Waals surface area contributed by atoms with Gasteiger partial charge in [0.1, 0.15) is 11.1 Å². The Labute approximate surface area is 271 Å². The van der Waals surface area contributed by atoms with Crippen LogP contribution in [-0.2, 0) is 19.2 Å². The van der Waals surface area contributed by atoms with Gasteiger partial charge in [0, 0.05) is 35.2 Å². The maximum absolute atomic E-state index is 13.9. The van der Waals surface area contributed by atoms with Crippen LogP contribution >= 0.6 is 0 Å². The van der Waals surface area contributed by atoms with Crippen LogP contribution in [0.3, 0.4) is 0 Å². The predicted molar refractivity (Wildman–Crippen MR) is 168 cm³/mol. The lowest BCUT2D eigenvalue weighted by Crippen LogP contribution is -2.68. The van der Waals surface area contributed by atoms with Crippen molar-refractivity contribution in [3.05, 3.63) is 0 Å². The Kier molecular flexibility index (Phi) is 8.43. The highest BCUT2D eigenvalue weighted by Gasteiger charge is 2.62. The highest BCUT2D eigenvalue weighted by Crippen LogP contribution is 2.47. The molecule has 0 bridgehead atoms. The molecule has 6 amide bonds. The molecule has 46 heavy (non-hydrogen) atoms. The number of carbonyl (C=O) groups is 6. The van der Waals surface area contributed by atoms with E-state index in [9.17, 15) is 39.0 Å². The minimum atomic E-state index is -1.96. The number of carboxylic acid groups (broad SMARTS) is 2. The van der Waals surface area contributed by atoms with Gasteiger partial charge in [-0.05, 0) is 108 Å². The Morgan fingerprint density at radius 1 is 0.652 bits per heavy atom. The number of hydrogen-bond donors (Lipinski definition) is 4. The molecule has 0 radical (unpaired) electrons. The topological polar surface area (TPSA) is 180 Å². The van der Waals surface area contributed by atoms with E-state index in [1.165, 1.54) is 0 Å². The Bertz CT molecular complexity index is 1230. The molecule has 4 aliphatic rings. The Balaban J connectivity index is 1.56. The summed E-state index contributed by atoms with van der Waals surface area (Å²) >= 11 is 0. The lowest BCUT2D eigenvalue weighted by molar-refractivity contribution is -0.158. The minimum Gasteiger partial charge on any atom is -0.481 e. The van der Waals surface area contributed by atoms with Crippen LogP contribution in [0.5, 0.6) is 0 Å². The van der Waals surface area contributed by atoms with Crippen LogP contribution in [0.1, 0.15) is 100 Å². The first-order valence-corrected chi connectivity index (χ1v) is 16.0. The number of nitrogens with zero attached hydrogens (tertiary/aromatic N) is 4. The second kappa shape index (κ2) is 10.9. The molecule has 0 aliphatic carbocycles. The summed E-state index contributed by atoms with van der Waals surface area (Å²) in [5.41, 5.74) is -6.07. The highest BCUT2D eigenvalue weighted by atomic mass is 16.4. The fraction of sp³-hybridized carbons (Fsp3) is 0.812. The van der Waals surface area contributed by atoms with E-state index in [-0.39, 0.29) is 25.9 Å². The lowest BCUT2D eigenvalue weighted by atomic mass is 9.69. The zero-order chi connectivity index (χ0) is 35.1. The third-order valence-electron chi connectivity index (χ3n) is 11.6. The molecule has 4 aliphatic heterocycles. The minimum absolute atomic E-state index is 0.332. The summed E-state index contributed by atoms with van der Waals surface area (Å²) in [5.74, 6) is -3.77. The number of rotatable bonds is 9. The van der Waals surface area contributed by atoms with E-state index in [1.807, 2.05) is 69.5 Å². The van der Waals surface area contributed by atoms with Gasteiger partial charge in [-0.1, -0.05) is 0 Å². The molecule has 0 aromatic heterocycles. The van der Waals surface area contributed by atoms with Gasteiger partial charge in [-0.2, -0.15) is 0 Å². The van der Waals surface area contributed by atoms with Crippen molar-refractivity contribution in [1.82, 2.24) is 30.2 Å². The van der Waals surface area contributed by atoms with Crippen molar-refractivity contribution in [3.63, 3.8) is 0 Å². The van der Waals surface area contributed by atoms with E-state index in [0.29, 0.717) is 25.7 Å². The van der Waals surface area contributed by atoms with E-state index in [0.717, 1.165) is 9.80 Å². The number of aliphatic carboxylic acids is 2. The largest absolute Gasteiger partial charge is 0.481 e. The molecule has 4 rings (SSSR count). The molecule has 4 N–H and O–H groups in total. The fourth-order valence-corrected chi connectivity index (χ4v) is 8.96. The number of hydrogen-bond acceptors (Lipinski definition) is 8. The van der Waals surface area contributed by atoms with E-state index in [4.69, 9.17) is 0 Å². The molecule has 14 heteroatoms. The molecule has 0 atom stereocenters. The van der Waals surface area contributed by atoms with Crippen LogP contribution in [0.15, 0.2) is 0 Å². The molecular weight excluding hydrogens is 596 g/mol. The molecule has 14 nitrogen and oxygen atoms in total. The number of carbonyl (C=O) groups excluding carboxylic acids is 4. The molecule has 0 unspecified atom stereocenters. The first-order chi connectivity index (χ1) is 20.8. The van der Waals surface area contributed by atoms with Crippen LogP contribution in [-0.4, -0.2) is 126 Å². The Morgan fingerprint density at radius 2 is 0.957 bits per heavy atom. The van der Waals surface area contributed by atoms with Crippen molar-refractivity contribution in [2.24, 2.45) is 5.41 Å². The van der Waals surface area contributed by atoms with Crippen molar-refractivity contribution < 1.29 is 39.0 Å². The molecule has 258 valence electrons. The maximum Gasteiger partial charge on any atom is 0.325 e. The van der Waals surface area contributed by atoms with Crippen LogP contribution in [0.4, 0.5) is 9.59 Å². The molecule has 4 fully saturated rings. The summed E-state index contributed by atoms with van der Waals surface area (Å²) in [7, 11) is 3.95. The second-order valence-corrected chi connectivity index (χ2v) is 16.7. The number of carboxylic acids is 2. The first-order valence-electron chi connectivity index (χ1n) is 16.0. The maximum atomic E-state index is 13.9. The van der Waals surface area contributed by atoms with Crippen molar-refractivity contribution in [2.75, 3.05) is 27.2 Å². The molecule has 4 heterocycles. The van der Waals surface area contributed by atoms with Crippen LogP contribution in [0, 0.1) is 5.41 Å². The molecule has 4 saturated heterocycles. The molecule has 0 aromatic rings. The van der Waals surface area contributed by atoms with Gasteiger partial charge in [-0.15, -0.1) is 0 Å². The standard InChI is InChI=1S/C32H52N6O8/c1-26(2)16-31(17-27(3,4)35(26)9)21(41)37(24(45)33-31)13-11-30(23(43)44,15-20(39)40)12-14-38-22(42)32(34-25(38)46)18-28(5,6)36(10)29(7,8)19-32/h11-19H2,1-10H3,(H,33,45)(H,34,46)(H,39,40)(H,43,44). The molecule has 0 saturated carbocycles. The van der Waals surface area contributed by atoms with Crippen LogP contribution in [0.2, 0.25) is 0 Å². The normalized spacial score (nSPS) is 26.5. The number of piperidine rings is 2. The smallest absolute Gasteiger partial charge is 0.325 e. The van der Waals surface area contributed by atoms with Crippen LogP contribution in [0.25, 0.3) is 0 Å².